The molecule has 0 saturated heterocycles. The van der Waals surface area contributed by atoms with Crippen LogP contribution in [0.2, 0.25) is 0 Å². The van der Waals surface area contributed by atoms with Crippen LogP contribution >= 0.6 is 0 Å². The van der Waals surface area contributed by atoms with E-state index < -0.39 is 11.8 Å². The first-order valence-electron chi connectivity index (χ1n) is 9.14. The molecule has 8 nitrogen and oxygen atoms in total. The first-order valence-corrected chi connectivity index (χ1v) is 9.14. The van der Waals surface area contributed by atoms with E-state index in [1.807, 2.05) is 18.2 Å². The summed E-state index contributed by atoms with van der Waals surface area (Å²) in [5.41, 5.74) is 1.11. The van der Waals surface area contributed by atoms with Gasteiger partial charge < -0.3 is 29.2 Å². The van der Waals surface area contributed by atoms with Gasteiger partial charge in [0, 0.05) is 11.1 Å². The second-order valence-electron chi connectivity index (χ2n) is 6.69. The second-order valence-corrected chi connectivity index (χ2v) is 6.69. The molecule has 30 heavy (non-hydrogen) atoms. The number of hydrogen-bond acceptors (Lipinski definition) is 7. The van der Waals surface area contributed by atoms with Crippen LogP contribution in [0.15, 0.2) is 40.9 Å². The zero-order chi connectivity index (χ0) is 21.3. The third-order valence-electron chi connectivity index (χ3n) is 4.84. The molecule has 2 N–H and O–H groups in total. The SMILES string of the molecule is COc1cc(-c2onc(NC3COc4c(cccc4OC)C3)c2C(=O)O)ccc1F. The van der Waals surface area contributed by atoms with Gasteiger partial charge in [-0.05, 0) is 30.7 Å². The number of methoxy groups -OCH3 is 2. The Morgan fingerprint density at radius 1 is 1.23 bits per heavy atom. The fraction of sp³-hybridized carbons (Fsp3) is 0.238. The molecule has 0 bridgehead atoms. The fourth-order valence-electron chi connectivity index (χ4n) is 3.43. The highest BCUT2D eigenvalue weighted by molar-refractivity contribution is 5.99. The molecule has 1 atom stereocenters. The van der Waals surface area contributed by atoms with Crippen LogP contribution in [0.1, 0.15) is 15.9 Å². The van der Waals surface area contributed by atoms with E-state index >= 15 is 0 Å². The van der Waals surface area contributed by atoms with E-state index in [1.54, 1.807) is 7.11 Å². The fourth-order valence-corrected chi connectivity index (χ4v) is 3.43. The number of anilines is 1. The Morgan fingerprint density at radius 3 is 2.77 bits per heavy atom. The molecular formula is C21H19FN2O6. The minimum absolute atomic E-state index is 0.00194. The molecule has 1 unspecified atom stereocenters. The minimum Gasteiger partial charge on any atom is -0.494 e. The third kappa shape index (κ3) is 3.49. The number of rotatable bonds is 6. The second kappa shape index (κ2) is 7.94. The summed E-state index contributed by atoms with van der Waals surface area (Å²) in [4.78, 5) is 11.9. The van der Waals surface area contributed by atoms with Gasteiger partial charge in [0.05, 0.1) is 20.3 Å². The van der Waals surface area contributed by atoms with Gasteiger partial charge in [0.25, 0.3) is 0 Å². The van der Waals surface area contributed by atoms with E-state index in [0.717, 1.165) is 5.56 Å². The molecule has 2 aromatic carbocycles. The number of para-hydroxylation sites is 1. The number of carboxylic acid groups (broad SMARTS) is 1. The Morgan fingerprint density at radius 2 is 2.03 bits per heavy atom. The summed E-state index contributed by atoms with van der Waals surface area (Å²) in [5.74, 6) is -0.425. The van der Waals surface area contributed by atoms with Crippen LogP contribution in [-0.4, -0.2) is 43.1 Å². The molecule has 0 fully saturated rings. The van der Waals surface area contributed by atoms with Gasteiger partial charge in [0.1, 0.15) is 6.61 Å². The maximum atomic E-state index is 13.7. The zero-order valence-electron chi connectivity index (χ0n) is 16.3. The molecule has 2 heterocycles. The van der Waals surface area contributed by atoms with E-state index in [9.17, 15) is 14.3 Å². The van der Waals surface area contributed by atoms with Crippen molar-refractivity contribution in [2.45, 2.75) is 12.5 Å². The highest BCUT2D eigenvalue weighted by Crippen LogP contribution is 2.36. The average Bonchev–Trinajstić information content (AvgIpc) is 3.17. The molecule has 0 saturated carbocycles. The minimum atomic E-state index is -1.23. The normalized spacial score (nSPS) is 15.1. The Kier molecular flexibility index (Phi) is 5.18. The molecule has 156 valence electrons. The maximum absolute atomic E-state index is 13.7. The van der Waals surface area contributed by atoms with Crippen LogP contribution in [0.3, 0.4) is 0 Å². The Balaban J connectivity index is 1.62. The van der Waals surface area contributed by atoms with Gasteiger partial charge in [0.15, 0.2) is 40.2 Å². The number of aromatic carboxylic acids is 1. The third-order valence-corrected chi connectivity index (χ3v) is 4.84. The highest BCUT2D eigenvalue weighted by Gasteiger charge is 2.29. The van der Waals surface area contributed by atoms with Crippen molar-refractivity contribution in [1.29, 1.82) is 0 Å². The lowest BCUT2D eigenvalue weighted by molar-refractivity contribution is 0.0698. The van der Waals surface area contributed by atoms with Gasteiger partial charge in [-0.2, -0.15) is 0 Å². The maximum Gasteiger partial charge on any atom is 0.343 e. The summed E-state index contributed by atoms with van der Waals surface area (Å²) in [7, 11) is 2.90. The lowest BCUT2D eigenvalue weighted by Crippen LogP contribution is -2.33. The lowest BCUT2D eigenvalue weighted by Gasteiger charge is -2.27. The Labute approximate surface area is 171 Å². The molecular weight excluding hydrogens is 395 g/mol. The number of carboxylic acids is 1. The van der Waals surface area contributed by atoms with Gasteiger partial charge in [-0.3, -0.25) is 0 Å². The number of hydrogen-bond donors (Lipinski definition) is 2. The number of fused-ring (bicyclic) bond motifs is 1. The van der Waals surface area contributed by atoms with Crippen molar-refractivity contribution >= 4 is 11.8 Å². The molecule has 3 aromatic rings. The average molecular weight is 414 g/mol. The standard InChI is InChI=1S/C21H19FN2O6/c1-27-15-5-3-4-11-8-13(10-29-18(11)15)23-20-17(21(25)26)19(30-24-20)12-6-7-14(22)16(9-12)28-2/h3-7,9,13H,8,10H2,1-2H3,(H,23,24)(H,25,26). The summed E-state index contributed by atoms with van der Waals surface area (Å²) in [5, 5.41) is 16.7. The van der Waals surface area contributed by atoms with E-state index in [1.165, 1.54) is 25.3 Å². The van der Waals surface area contributed by atoms with Crippen LogP contribution in [0, 0.1) is 5.82 Å². The molecule has 1 aromatic heterocycles. The summed E-state index contributed by atoms with van der Waals surface area (Å²) in [6.45, 7) is 0.291. The van der Waals surface area contributed by atoms with Crippen molar-refractivity contribution in [3.05, 3.63) is 53.3 Å². The predicted octanol–water partition coefficient (Wildman–Crippen LogP) is 3.61. The van der Waals surface area contributed by atoms with Gasteiger partial charge in [-0.1, -0.05) is 17.3 Å². The molecule has 4 rings (SSSR count). The van der Waals surface area contributed by atoms with Crippen LogP contribution in [0.4, 0.5) is 10.2 Å². The summed E-state index contributed by atoms with van der Waals surface area (Å²) < 4.78 is 35.1. The van der Waals surface area contributed by atoms with Crippen LogP contribution in [-0.2, 0) is 6.42 Å². The quantitative estimate of drug-likeness (QED) is 0.631. The monoisotopic (exact) mass is 414 g/mol. The van der Waals surface area contributed by atoms with Gasteiger partial charge in [-0.15, -0.1) is 0 Å². The molecule has 1 aliphatic heterocycles. The van der Waals surface area contributed by atoms with Crippen LogP contribution < -0.4 is 19.5 Å². The highest BCUT2D eigenvalue weighted by atomic mass is 19.1. The first-order chi connectivity index (χ1) is 14.5. The van der Waals surface area contributed by atoms with Gasteiger partial charge in [0.2, 0.25) is 0 Å². The molecule has 9 heteroatoms. The van der Waals surface area contributed by atoms with E-state index in [2.05, 4.69) is 10.5 Å². The summed E-state index contributed by atoms with van der Waals surface area (Å²) in [6, 6.07) is 9.30. The van der Waals surface area contributed by atoms with Crippen molar-refractivity contribution in [3.63, 3.8) is 0 Å². The number of benzene rings is 2. The van der Waals surface area contributed by atoms with Crippen molar-refractivity contribution < 1.29 is 33.0 Å². The van der Waals surface area contributed by atoms with Crippen LogP contribution in [0.25, 0.3) is 11.3 Å². The molecule has 1 aliphatic rings. The summed E-state index contributed by atoms with van der Waals surface area (Å²) >= 11 is 0. The molecule has 0 spiro atoms. The number of nitrogens with one attached hydrogen (secondary N) is 1. The predicted molar refractivity (Wildman–Crippen MR) is 105 cm³/mol. The van der Waals surface area contributed by atoms with Crippen LogP contribution in [0.5, 0.6) is 17.2 Å². The van der Waals surface area contributed by atoms with Gasteiger partial charge >= 0.3 is 5.97 Å². The topological polar surface area (TPSA) is 103 Å². The van der Waals surface area contributed by atoms with Crippen molar-refractivity contribution in [2.24, 2.45) is 0 Å². The Bertz CT molecular complexity index is 1100. The number of nitrogens with zero attached hydrogens (tertiary/aromatic N) is 1. The summed E-state index contributed by atoms with van der Waals surface area (Å²) in [6.07, 6.45) is 0.582. The van der Waals surface area contributed by atoms with Gasteiger partial charge in [-0.25, -0.2) is 9.18 Å². The zero-order valence-corrected chi connectivity index (χ0v) is 16.3. The lowest BCUT2D eigenvalue weighted by atomic mass is 10.0. The molecule has 0 radical (unpaired) electrons. The molecule has 0 amide bonds. The van der Waals surface area contributed by atoms with E-state index in [4.69, 9.17) is 18.7 Å². The number of carbonyl (C=O) groups is 1. The van der Waals surface area contributed by atoms with Crippen molar-refractivity contribution in [3.8, 4) is 28.6 Å². The largest absolute Gasteiger partial charge is 0.494 e. The van der Waals surface area contributed by atoms with Crippen molar-refractivity contribution in [1.82, 2.24) is 5.16 Å². The number of halogens is 1. The number of aromatic nitrogens is 1. The Hall–Kier alpha value is -3.75. The number of ether oxygens (including phenoxy) is 3. The van der Waals surface area contributed by atoms with Crippen molar-refractivity contribution in [2.75, 3.05) is 26.1 Å². The smallest absolute Gasteiger partial charge is 0.343 e. The first kappa shape index (κ1) is 19.6. The van der Waals surface area contributed by atoms with E-state index in [-0.39, 0.29) is 28.9 Å². The van der Waals surface area contributed by atoms with E-state index in [0.29, 0.717) is 30.1 Å². The molecule has 0 aliphatic carbocycles.